The number of fused-ring (bicyclic) bond motifs is 1. The zero-order chi connectivity index (χ0) is 20.6. The molecule has 0 radical (unpaired) electrons. The molecule has 0 saturated carbocycles. The highest BCUT2D eigenvalue weighted by atomic mass is 19.4. The van der Waals surface area contributed by atoms with E-state index < -0.39 is 12.0 Å². The molecular formula is C20H23F3N6. The first-order valence-electron chi connectivity index (χ1n) is 9.66. The molecule has 0 spiro atoms. The van der Waals surface area contributed by atoms with Crippen molar-refractivity contribution in [2.45, 2.75) is 39.0 Å². The topological polar surface area (TPSA) is 49.6 Å². The standard InChI is InChI=1S/C20H23F3N6/c1-14-11-17(29-19(24-14)25-18(26-29)20(21,22)23)28-10-6-9-27(12-15(28)2)13-16-7-4-3-5-8-16/h3-5,7-8,11,15H,6,9-10,12-13H2,1-2H3. The van der Waals surface area contributed by atoms with E-state index in [-0.39, 0.29) is 11.8 Å². The largest absolute Gasteiger partial charge is 0.453 e. The van der Waals surface area contributed by atoms with Gasteiger partial charge >= 0.3 is 6.18 Å². The van der Waals surface area contributed by atoms with Crippen molar-refractivity contribution in [2.75, 3.05) is 24.5 Å². The van der Waals surface area contributed by atoms with Crippen molar-refractivity contribution < 1.29 is 13.2 Å². The zero-order valence-corrected chi connectivity index (χ0v) is 16.4. The maximum atomic E-state index is 13.1. The summed E-state index contributed by atoms with van der Waals surface area (Å²) < 4.78 is 40.6. The molecule has 1 fully saturated rings. The number of hydrogen-bond donors (Lipinski definition) is 0. The van der Waals surface area contributed by atoms with E-state index in [0.29, 0.717) is 11.5 Å². The van der Waals surface area contributed by atoms with Gasteiger partial charge in [-0.05, 0) is 25.8 Å². The van der Waals surface area contributed by atoms with Gasteiger partial charge in [-0.3, -0.25) is 4.90 Å². The van der Waals surface area contributed by atoms with Gasteiger partial charge in [0.1, 0.15) is 5.82 Å². The normalized spacial score (nSPS) is 18.9. The highest BCUT2D eigenvalue weighted by Gasteiger charge is 2.37. The van der Waals surface area contributed by atoms with Crippen LogP contribution in [0.5, 0.6) is 0 Å². The Morgan fingerprint density at radius 2 is 1.86 bits per heavy atom. The molecule has 9 heteroatoms. The molecule has 3 heterocycles. The van der Waals surface area contributed by atoms with Crippen molar-refractivity contribution >= 4 is 11.6 Å². The van der Waals surface area contributed by atoms with Gasteiger partial charge in [0.2, 0.25) is 0 Å². The second-order valence-corrected chi connectivity index (χ2v) is 7.52. The van der Waals surface area contributed by atoms with Crippen molar-refractivity contribution in [2.24, 2.45) is 0 Å². The predicted octanol–water partition coefficient (Wildman–Crippen LogP) is 3.55. The van der Waals surface area contributed by atoms with Gasteiger partial charge in [0.05, 0.1) is 0 Å². The molecule has 6 nitrogen and oxygen atoms in total. The highest BCUT2D eigenvalue weighted by Crippen LogP contribution is 2.28. The average molecular weight is 404 g/mol. The second-order valence-electron chi connectivity index (χ2n) is 7.52. The van der Waals surface area contributed by atoms with Crippen LogP contribution in [0.4, 0.5) is 19.0 Å². The van der Waals surface area contributed by atoms with Crippen LogP contribution in [0.3, 0.4) is 0 Å². The van der Waals surface area contributed by atoms with Crippen LogP contribution in [0.1, 0.15) is 30.4 Å². The van der Waals surface area contributed by atoms with Crippen LogP contribution in [0.25, 0.3) is 5.78 Å². The molecule has 0 N–H and O–H groups in total. The maximum Gasteiger partial charge on any atom is 0.453 e. The Labute approximate surface area is 167 Å². The van der Waals surface area contributed by atoms with Crippen LogP contribution >= 0.6 is 0 Å². The van der Waals surface area contributed by atoms with E-state index in [1.165, 1.54) is 10.1 Å². The van der Waals surface area contributed by atoms with Crippen LogP contribution in [-0.2, 0) is 12.7 Å². The lowest BCUT2D eigenvalue weighted by Gasteiger charge is -2.31. The van der Waals surface area contributed by atoms with Gasteiger partial charge in [-0.25, -0.2) is 4.98 Å². The molecule has 0 amide bonds. The Bertz CT molecular complexity index is 985. The van der Waals surface area contributed by atoms with Crippen LogP contribution < -0.4 is 4.90 Å². The first-order chi connectivity index (χ1) is 13.8. The molecule has 0 aliphatic carbocycles. The molecule has 1 aromatic carbocycles. The van der Waals surface area contributed by atoms with Gasteiger partial charge in [0.25, 0.3) is 11.6 Å². The van der Waals surface area contributed by atoms with E-state index >= 15 is 0 Å². The smallest absolute Gasteiger partial charge is 0.352 e. The number of halogens is 3. The number of rotatable bonds is 3. The number of benzene rings is 1. The van der Waals surface area contributed by atoms with E-state index in [1.807, 2.05) is 18.2 Å². The third-order valence-corrected chi connectivity index (χ3v) is 5.15. The minimum Gasteiger partial charge on any atom is -0.352 e. The summed E-state index contributed by atoms with van der Waals surface area (Å²) in [6.07, 6.45) is -3.70. The fraction of sp³-hybridized carbons (Fsp3) is 0.450. The molecule has 1 unspecified atom stereocenters. The van der Waals surface area contributed by atoms with E-state index in [4.69, 9.17) is 0 Å². The average Bonchev–Trinajstić information content (AvgIpc) is 3.01. The van der Waals surface area contributed by atoms with Gasteiger partial charge in [0.15, 0.2) is 0 Å². The van der Waals surface area contributed by atoms with E-state index in [2.05, 4.69) is 43.9 Å². The summed E-state index contributed by atoms with van der Waals surface area (Å²) >= 11 is 0. The highest BCUT2D eigenvalue weighted by molar-refractivity contribution is 5.48. The fourth-order valence-electron chi connectivity index (χ4n) is 3.87. The Balaban J connectivity index is 1.62. The summed E-state index contributed by atoms with van der Waals surface area (Å²) in [5.74, 6) is -0.584. The number of anilines is 1. The Morgan fingerprint density at radius 1 is 1.10 bits per heavy atom. The van der Waals surface area contributed by atoms with Crippen molar-refractivity contribution in [3.05, 3.63) is 53.5 Å². The fourth-order valence-corrected chi connectivity index (χ4v) is 3.87. The second kappa shape index (κ2) is 7.62. The summed E-state index contributed by atoms with van der Waals surface area (Å²) in [4.78, 5) is 12.2. The van der Waals surface area contributed by atoms with Crippen LogP contribution in [-0.4, -0.2) is 50.2 Å². The predicted molar refractivity (Wildman–Crippen MR) is 104 cm³/mol. The summed E-state index contributed by atoms with van der Waals surface area (Å²) in [6.45, 7) is 7.16. The van der Waals surface area contributed by atoms with Gasteiger partial charge in [-0.1, -0.05) is 30.3 Å². The van der Waals surface area contributed by atoms with Gasteiger partial charge in [-0.15, -0.1) is 5.10 Å². The minimum absolute atomic E-state index is 0.0232. The first-order valence-corrected chi connectivity index (χ1v) is 9.66. The van der Waals surface area contributed by atoms with Gasteiger partial charge < -0.3 is 4.90 Å². The number of aryl methyl sites for hydroxylation is 1. The SMILES string of the molecule is Cc1cc(N2CCCN(Cc3ccccc3)CC2C)n2nc(C(F)(F)F)nc2n1. The lowest BCUT2D eigenvalue weighted by atomic mass is 10.2. The number of alkyl halides is 3. The van der Waals surface area contributed by atoms with Crippen LogP contribution in [0, 0.1) is 6.92 Å². The quantitative estimate of drug-likeness (QED) is 0.668. The molecule has 0 bridgehead atoms. The van der Waals surface area contributed by atoms with Gasteiger partial charge in [-0.2, -0.15) is 22.7 Å². The minimum atomic E-state index is -4.60. The van der Waals surface area contributed by atoms with Crippen molar-refractivity contribution in [1.82, 2.24) is 24.5 Å². The molecule has 1 atom stereocenters. The molecule has 2 aromatic heterocycles. The molecule has 4 rings (SSSR count). The van der Waals surface area contributed by atoms with Crippen LogP contribution in [0.15, 0.2) is 36.4 Å². The third-order valence-electron chi connectivity index (χ3n) is 5.15. The molecule has 1 aliphatic heterocycles. The van der Waals surface area contributed by atoms with E-state index in [9.17, 15) is 13.2 Å². The Kier molecular flexibility index (Phi) is 5.16. The number of hydrogen-bond acceptors (Lipinski definition) is 5. The maximum absolute atomic E-state index is 13.1. The molecule has 3 aromatic rings. The first kappa shape index (κ1) is 19.6. The molecule has 154 valence electrons. The lowest BCUT2D eigenvalue weighted by Crippen LogP contribution is -2.40. The Morgan fingerprint density at radius 3 is 2.59 bits per heavy atom. The van der Waals surface area contributed by atoms with E-state index in [1.54, 1.807) is 13.0 Å². The third kappa shape index (κ3) is 4.19. The Hall–Kier alpha value is -2.68. The van der Waals surface area contributed by atoms with Crippen molar-refractivity contribution in [3.63, 3.8) is 0 Å². The van der Waals surface area contributed by atoms with Gasteiger partial charge in [0, 0.05) is 44.0 Å². The molecule has 1 aliphatic rings. The monoisotopic (exact) mass is 404 g/mol. The van der Waals surface area contributed by atoms with Crippen molar-refractivity contribution in [3.8, 4) is 0 Å². The summed E-state index contributed by atoms with van der Waals surface area (Å²) in [6, 6.07) is 12.2. The van der Waals surface area contributed by atoms with Crippen LogP contribution in [0.2, 0.25) is 0 Å². The molecule has 1 saturated heterocycles. The summed E-state index contributed by atoms with van der Waals surface area (Å²) in [5.41, 5.74) is 1.87. The number of aromatic nitrogens is 4. The molecular weight excluding hydrogens is 381 g/mol. The van der Waals surface area contributed by atoms with Crippen molar-refractivity contribution in [1.29, 1.82) is 0 Å². The summed E-state index contributed by atoms with van der Waals surface area (Å²) in [7, 11) is 0. The number of nitrogens with zero attached hydrogens (tertiary/aromatic N) is 6. The zero-order valence-electron chi connectivity index (χ0n) is 16.4. The molecule has 29 heavy (non-hydrogen) atoms. The van der Waals surface area contributed by atoms with E-state index in [0.717, 1.165) is 32.6 Å². The lowest BCUT2D eigenvalue weighted by molar-refractivity contribution is -0.144. The summed E-state index contributed by atoms with van der Waals surface area (Å²) in [5, 5.41) is 3.71.